The Morgan fingerprint density at radius 1 is 0.442 bits per heavy atom. The molecule has 456 valence electrons. The van der Waals surface area contributed by atoms with E-state index in [1.54, 1.807) is 6.08 Å². The van der Waals surface area contributed by atoms with Crippen molar-refractivity contribution in [3.63, 3.8) is 0 Å². The summed E-state index contributed by atoms with van der Waals surface area (Å²) >= 11 is 0. The molecular weight excluding hydrogens is 972 g/mol. The van der Waals surface area contributed by atoms with Gasteiger partial charge in [0.15, 0.2) is 0 Å². The number of hydrogen-bond donors (Lipinski definition) is 2. The number of hydrogen-bond acceptors (Lipinski definition) is 6. The van der Waals surface area contributed by atoms with E-state index in [1.807, 2.05) is 27.2 Å². The number of amides is 1. The van der Waals surface area contributed by atoms with E-state index < -0.39 is 26.6 Å². The van der Waals surface area contributed by atoms with Crippen molar-refractivity contribution < 1.29 is 32.9 Å². The lowest BCUT2D eigenvalue weighted by Crippen LogP contribution is -2.45. The summed E-state index contributed by atoms with van der Waals surface area (Å²) in [5, 5.41) is 13.8. The van der Waals surface area contributed by atoms with E-state index in [9.17, 15) is 19.4 Å². The average molecular weight is 1110 g/mol. The highest BCUT2D eigenvalue weighted by Crippen LogP contribution is 2.38. The molecule has 0 heterocycles. The minimum Gasteiger partial charge on any atom is -0.756 e. The third kappa shape index (κ3) is 62.2. The largest absolute Gasteiger partial charge is 0.756 e. The van der Waals surface area contributed by atoms with Crippen LogP contribution in [0.4, 0.5) is 0 Å². The second-order valence-corrected chi connectivity index (χ2v) is 25.9. The lowest BCUT2D eigenvalue weighted by molar-refractivity contribution is -0.870. The maximum atomic E-state index is 13.0. The molecule has 0 aliphatic rings. The van der Waals surface area contributed by atoms with Crippen LogP contribution in [0, 0.1) is 0 Å². The Balaban J connectivity index is 3.83. The average Bonchev–Trinajstić information content (AvgIpc) is 3.39. The second-order valence-electron chi connectivity index (χ2n) is 24.5. The fourth-order valence-electron chi connectivity index (χ4n) is 10.3. The van der Waals surface area contributed by atoms with Crippen molar-refractivity contribution in [3.8, 4) is 0 Å². The van der Waals surface area contributed by atoms with Crippen LogP contribution in [0.3, 0.4) is 0 Å². The van der Waals surface area contributed by atoms with E-state index in [-0.39, 0.29) is 12.5 Å². The first-order valence-corrected chi connectivity index (χ1v) is 35.3. The summed E-state index contributed by atoms with van der Waals surface area (Å²) in [7, 11) is 1.25. The van der Waals surface area contributed by atoms with Crippen LogP contribution in [0.2, 0.25) is 0 Å². The number of carbonyl (C=O) groups excluding carboxylic acids is 1. The molecule has 1 amide bonds. The minimum atomic E-state index is -4.61. The van der Waals surface area contributed by atoms with Gasteiger partial charge in [-0.1, -0.05) is 326 Å². The molecule has 9 heteroatoms. The van der Waals surface area contributed by atoms with E-state index in [1.165, 1.54) is 276 Å². The Morgan fingerprint density at radius 3 is 1.05 bits per heavy atom. The number of nitrogens with zero attached hydrogens (tertiary/aromatic N) is 1. The summed E-state index contributed by atoms with van der Waals surface area (Å²) in [6, 6.07) is -0.908. The molecule has 0 radical (unpaired) electrons. The molecule has 0 spiro atoms. The van der Waals surface area contributed by atoms with Crippen LogP contribution in [0.5, 0.6) is 0 Å². The molecular formula is C68H133N2O6P. The number of nitrogens with one attached hydrogen (secondary N) is 1. The third-order valence-corrected chi connectivity index (χ3v) is 16.5. The minimum absolute atomic E-state index is 0.00752. The van der Waals surface area contributed by atoms with Crippen LogP contribution < -0.4 is 10.2 Å². The van der Waals surface area contributed by atoms with Gasteiger partial charge >= 0.3 is 0 Å². The standard InChI is InChI=1S/C68H133N2O6P/c1-6-8-10-12-14-16-18-20-22-23-24-25-26-27-28-29-30-31-32-33-34-35-36-37-38-39-40-41-42-43-44-45-46-47-48-50-52-54-56-58-60-62-68(72)69-66(65-76-77(73,74)75-64-63-70(3,4)5)67(71)61-59-57-55-53-51-49-21-19-17-15-13-11-9-7-2/h17,19,51,53,59,61,66-67,71H,6-16,18,20-50,52,54-58,60,62-65H2,1-5H3,(H-,69,72,73,74)/b19-17+,53-51+,61-59+. The van der Waals surface area contributed by atoms with E-state index >= 15 is 0 Å². The van der Waals surface area contributed by atoms with Gasteiger partial charge in [-0.05, 0) is 44.9 Å². The molecule has 3 atom stereocenters. The molecule has 2 N–H and O–H groups in total. The van der Waals surface area contributed by atoms with Crippen LogP contribution in [0.25, 0.3) is 0 Å². The zero-order chi connectivity index (χ0) is 56.3. The van der Waals surface area contributed by atoms with Crippen LogP contribution >= 0.6 is 7.82 Å². The molecule has 0 rings (SSSR count). The number of quaternary nitrogens is 1. The van der Waals surface area contributed by atoms with Crippen molar-refractivity contribution in [3.05, 3.63) is 36.5 Å². The van der Waals surface area contributed by atoms with Crippen molar-refractivity contribution in [2.45, 2.75) is 353 Å². The lowest BCUT2D eigenvalue weighted by atomic mass is 10.0. The quantitative estimate of drug-likeness (QED) is 0.0272. The predicted octanol–water partition coefficient (Wildman–Crippen LogP) is 20.6. The topological polar surface area (TPSA) is 108 Å². The van der Waals surface area contributed by atoms with Crippen LogP contribution in [-0.2, 0) is 18.4 Å². The highest BCUT2D eigenvalue weighted by atomic mass is 31.2. The number of phosphoric acid groups is 1. The highest BCUT2D eigenvalue weighted by molar-refractivity contribution is 7.45. The molecule has 0 bridgehead atoms. The fourth-order valence-corrected chi connectivity index (χ4v) is 11.0. The summed E-state index contributed by atoms with van der Waals surface area (Å²) in [5.74, 6) is -0.206. The number of phosphoric ester groups is 1. The highest BCUT2D eigenvalue weighted by Gasteiger charge is 2.23. The number of carbonyl (C=O) groups is 1. The zero-order valence-electron chi connectivity index (χ0n) is 52.2. The molecule has 0 aliphatic heterocycles. The van der Waals surface area contributed by atoms with E-state index in [4.69, 9.17) is 9.05 Å². The second kappa shape index (κ2) is 59.3. The van der Waals surface area contributed by atoms with Crippen molar-refractivity contribution >= 4 is 13.7 Å². The first kappa shape index (κ1) is 75.7. The summed E-state index contributed by atoms with van der Waals surface area (Å²) in [6.45, 7) is 4.63. The number of allylic oxidation sites excluding steroid dienone is 5. The van der Waals surface area contributed by atoms with Crippen LogP contribution in [0.15, 0.2) is 36.5 Å². The normalized spacial score (nSPS) is 13.9. The molecule has 0 fully saturated rings. The summed E-state index contributed by atoms with van der Waals surface area (Å²) in [4.78, 5) is 25.5. The van der Waals surface area contributed by atoms with E-state index in [0.717, 1.165) is 44.9 Å². The Labute approximate surface area is 480 Å². The zero-order valence-corrected chi connectivity index (χ0v) is 53.1. The van der Waals surface area contributed by atoms with Crippen molar-refractivity contribution in [1.82, 2.24) is 5.32 Å². The van der Waals surface area contributed by atoms with Gasteiger partial charge in [0, 0.05) is 6.42 Å². The number of likely N-dealkylation sites (N-methyl/N-ethyl adjacent to an activating group) is 1. The van der Waals surface area contributed by atoms with Gasteiger partial charge in [-0.2, -0.15) is 0 Å². The van der Waals surface area contributed by atoms with Gasteiger partial charge in [0.1, 0.15) is 13.2 Å². The van der Waals surface area contributed by atoms with Crippen molar-refractivity contribution in [2.24, 2.45) is 0 Å². The maximum absolute atomic E-state index is 13.0. The van der Waals surface area contributed by atoms with Gasteiger partial charge in [-0.25, -0.2) is 0 Å². The van der Waals surface area contributed by atoms with Gasteiger partial charge in [-0.3, -0.25) is 9.36 Å². The number of unbranched alkanes of at least 4 members (excludes halogenated alkanes) is 46. The Kier molecular flexibility index (Phi) is 58.4. The number of aliphatic hydroxyl groups excluding tert-OH is 1. The third-order valence-electron chi connectivity index (χ3n) is 15.6. The molecule has 8 nitrogen and oxygen atoms in total. The van der Waals surface area contributed by atoms with Crippen LogP contribution in [-0.4, -0.2) is 68.5 Å². The lowest BCUT2D eigenvalue weighted by Gasteiger charge is -2.29. The number of rotatable bonds is 63. The monoisotopic (exact) mass is 1100 g/mol. The molecule has 0 aromatic heterocycles. The van der Waals surface area contributed by atoms with Crippen LogP contribution in [0.1, 0.15) is 341 Å². The molecule has 0 aliphatic carbocycles. The molecule has 0 aromatic carbocycles. The van der Waals surface area contributed by atoms with Gasteiger partial charge in [-0.15, -0.1) is 0 Å². The molecule has 3 unspecified atom stereocenters. The fraction of sp³-hybridized carbons (Fsp3) is 0.897. The molecule has 0 saturated carbocycles. The Hall–Kier alpha value is -1.28. The first-order chi connectivity index (χ1) is 37.5. The summed E-state index contributed by atoms with van der Waals surface area (Å²) in [6.07, 6.45) is 78.7. The molecule has 77 heavy (non-hydrogen) atoms. The number of aliphatic hydroxyl groups is 1. The SMILES string of the molecule is CCCCCC/C=C/CC/C=C/CC/C=C/C(O)C(COP(=O)([O-])OCC[N+](C)(C)C)NC(=O)CCCCCCCCCCCCCCCCCCCCCCCCCCCCCCCCCCCCCCCCCCC. The van der Waals surface area contributed by atoms with E-state index in [2.05, 4.69) is 43.5 Å². The molecule has 0 saturated heterocycles. The van der Waals surface area contributed by atoms with Gasteiger partial charge in [0.05, 0.1) is 39.9 Å². The summed E-state index contributed by atoms with van der Waals surface area (Å²) < 4.78 is 23.3. The van der Waals surface area contributed by atoms with Gasteiger partial charge < -0.3 is 28.8 Å². The predicted molar refractivity (Wildman–Crippen MR) is 335 cm³/mol. The summed E-state index contributed by atoms with van der Waals surface area (Å²) in [5.41, 5.74) is 0. The van der Waals surface area contributed by atoms with Gasteiger partial charge in [0.25, 0.3) is 7.82 Å². The van der Waals surface area contributed by atoms with Gasteiger partial charge in [0.2, 0.25) is 5.91 Å². The first-order valence-electron chi connectivity index (χ1n) is 33.9. The smallest absolute Gasteiger partial charge is 0.268 e. The Morgan fingerprint density at radius 2 is 0.727 bits per heavy atom. The molecule has 0 aromatic rings. The van der Waals surface area contributed by atoms with Crippen molar-refractivity contribution in [1.29, 1.82) is 0 Å². The maximum Gasteiger partial charge on any atom is 0.268 e. The Bertz CT molecular complexity index is 1350. The van der Waals surface area contributed by atoms with Crippen molar-refractivity contribution in [2.75, 3.05) is 40.9 Å². The van der Waals surface area contributed by atoms with E-state index in [0.29, 0.717) is 17.4 Å².